The van der Waals surface area contributed by atoms with Crippen molar-refractivity contribution in [1.82, 2.24) is 5.32 Å². The van der Waals surface area contributed by atoms with Crippen molar-refractivity contribution in [1.29, 1.82) is 0 Å². The highest BCUT2D eigenvalue weighted by atomic mass is 35.5. The van der Waals surface area contributed by atoms with Crippen molar-refractivity contribution in [3.05, 3.63) is 35.9 Å². The van der Waals surface area contributed by atoms with E-state index in [4.69, 9.17) is 5.73 Å². The third-order valence-electron chi connectivity index (χ3n) is 4.33. The van der Waals surface area contributed by atoms with E-state index in [1.165, 1.54) is 18.4 Å². The van der Waals surface area contributed by atoms with E-state index in [0.717, 1.165) is 12.8 Å². The highest BCUT2D eigenvalue weighted by molar-refractivity contribution is 5.85. The number of rotatable bonds is 5. The maximum Gasteiger partial charge on any atom is 0.220 e. The standard InChI is InChI=1S/C18H28N2O.ClH/c1-18(2,19)13-20-17(21)12-14-8-10-16(11-9-14)15-6-4-3-5-7-15;/h3-7,14,16H,8-13,19H2,1-2H3,(H,20,21);1H. The lowest BCUT2D eigenvalue weighted by atomic mass is 9.77. The maximum absolute atomic E-state index is 11.9. The molecule has 3 N–H and O–H groups in total. The fourth-order valence-electron chi connectivity index (χ4n) is 3.09. The molecule has 0 atom stereocenters. The highest BCUT2D eigenvalue weighted by Gasteiger charge is 2.24. The number of nitrogens with one attached hydrogen (secondary N) is 1. The SMILES string of the molecule is CC(C)(N)CNC(=O)CC1CCC(c2ccccc2)CC1.Cl. The van der Waals surface area contributed by atoms with Crippen LogP contribution in [0.15, 0.2) is 30.3 Å². The summed E-state index contributed by atoms with van der Waals surface area (Å²) in [4.78, 5) is 11.9. The van der Waals surface area contributed by atoms with Gasteiger partial charge in [-0.05, 0) is 56.9 Å². The first-order valence-electron chi connectivity index (χ1n) is 8.04. The molecule has 1 amide bonds. The highest BCUT2D eigenvalue weighted by Crippen LogP contribution is 2.36. The molecule has 0 spiro atoms. The largest absolute Gasteiger partial charge is 0.354 e. The van der Waals surface area contributed by atoms with Gasteiger partial charge >= 0.3 is 0 Å². The molecule has 0 aromatic heterocycles. The van der Waals surface area contributed by atoms with Crippen LogP contribution in [0, 0.1) is 5.92 Å². The third kappa shape index (κ3) is 6.37. The topological polar surface area (TPSA) is 55.1 Å². The summed E-state index contributed by atoms with van der Waals surface area (Å²) in [5, 5.41) is 2.95. The lowest BCUT2D eigenvalue weighted by Gasteiger charge is -2.29. The minimum Gasteiger partial charge on any atom is -0.354 e. The molecule has 3 nitrogen and oxygen atoms in total. The van der Waals surface area contributed by atoms with E-state index in [1.807, 2.05) is 13.8 Å². The molecule has 0 aliphatic heterocycles. The van der Waals surface area contributed by atoms with Gasteiger partial charge in [0.15, 0.2) is 0 Å². The molecule has 1 fully saturated rings. The third-order valence-corrected chi connectivity index (χ3v) is 4.33. The summed E-state index contributed by atoms with van der Waals surface area (Å²) in [5.74, 6) is 1.36. The zero-order chi connectivity index (χ0) is 15.3. The van der Waals surface area contributed by atoms with Crippen LogP contribution < -0.4 is 11.1 Å². The van der Waals surface area contributed by atoms with Gasteiger partial charge < -0.3 is 11.1 Å². The number of hydrogen-bond acceptors (Lipinski definition) is 2. The van der Waals surface area contributed by atoms with Crippen LogP contribution in [-0.2, 0) is 4.79 Å². The minimum absolute atomic E-state index is 0. The van der Waals surface area contributed by atoms with E-state index in [-0.39, 0.29) is 23.9 Å². The molecular formula is C18H29ClN2O. The van der Waals surface area contributed by atoms with Gasteiger partial charge in [0, 0.05) is 18.5 Å². The van der Waals surface area contributed by atoms with Gasteiger partial charge in [-0.25, -0.2) is 0 Å². The molecule has 1 aliphatic rings. The van der Waals surface area contributed by atoms with E-state index < -0.39 is 0 Å². The Morgan fingerprint density at radius 3 is 2.32 bits per heavy atom. The lowest BCUT2D eigenvalue weighted by molar-refractivity contribution is -0.122. The van der Waals surface area contributed by atoms with Crippen molar-refractivity contribution in [2.75, 3.05) is 6.54 Å². The number of hydrogen-bond donors (Lipinski definition) is 2. The van der Waals surface area contributed by atoms with E-state index in [0.29, 0.717) is 24.8 Å². The van der Waals surface area contributed by atoms with Gasteiger partial charge in [-0.1, -0.05) is 30.3 Å². The van der Waals surface area contributed by atoms with Gasteiger partial charge in [0.05, 0.1) is 0 Å². The second-order valence-electron chi connectivity index (χ2n) is 7.10. The second-order valence-corrected chi connectivity index (χ2v) is 7.10. The summed E-state index contributed by atoms with van der Waals surface area (Å²) in [6, 6.07) is 10.7. The predicted molar refractivity (Wildman–Crippen MR) is 94.3 cm³/mol. The second kappa shape index (κ2) is 8.54. The Hall–Kier alpha value is -1.06. The quantitative estimate of drug-likeness (QED) is 0.869. The van der Waals surface area contributed by atoms with Crippen molar-refractivity contribution >= 4 is 18.3 Å². The van der Waals surface area contributed by atoms with Gasteiger partial charge in [0.2, 0.25) is 5.91 Å². The first-order chi connectivity index (χ1) is 9.94. The molecule has 1 aromatic carbocycles. The Morgan fingerprint density at radius 1 is 1.18 bits per heavy atom. The first-order valence-corrected chi connectivity index (χ1v) is 8.04. The number of halogens is 1. The zero-order valence-electron chi connectivity index (χ0n) is 13.7. The van der Waals surface area contributed by atoms with Crippen LogP contribution in [0.25, 0.3) is 0 Å². The lowest BCUT2D eigenvalue weighted by Crippen LogP contribution is -2.45. The molecule has 0 saturated heterocycles. The summed E-state index contributed by atoms with van der Waals surface area (Å²) >= 11 is 0. The van der Waals surface area contributed by atoms with Gasteiger partial charge in [-0.3, -0.25) is 4.79 Å². The summed E-state index contributed by atoms with van der Waals surface area (Å²) < 4.78 is 0. The number of amides is 1. The fourth-order valence-corrected chi connectivity index (χ4v) is 3.09. The Balaban J connectivity index is 0.00000242. The monoisotopic (exact) mass is 324 g/mol. The van der Waals surface area contributed by atoms with Gasteiger partial charge in [-0.15, -0.1) is 12.4 Å². The van der Waals surface area contributed by atoms with Crippen molar-refractivity contribution < 1.29 is 4.79 Å². The summed E-state index contributed by atoms with van der Waals surface area (Å²) in [7, 11) is 0. The Bertz CT molecular complexity index is 448. The summed E-state index contributed by atoms with van der Waals surface area (Å²) in [5.41, 5.74) is 7.00. The van der Waals surface area contributed by atoms with E-state index in [9.17, 15) is 4.79 Å². The van der Waals surface area contributed by atoms with Crippen LogP contribution in [0.1, 0.15) is 57.4 Å². The van der Waals surface area contributed by atoms with Gasteiger partial charge in [-0.2, -0.15) is 0 Å². The summed E-state index contributed by atoms with van der Waals surface area (Å²) in [6.45, 7) is 4.40. The molecule has 2 rings (SSSR count). The van der Waals surface area contributed by atoms with E-state index in [2.05, 4.69) is 35.6 Å². The molecule has 1 aliphatic carbocycles. The smallest absolute Gasteiger partial charge is 0.220 e. The van der Waals surface area contributed by atoms with Gasteiger partial charge in [0.1, 0.15) is 0 Å². The number of carbonyl (C=O) groups is 1. The molecule has 22 heavy (non-hydrogen) atoms. The molecule has 0 heterocycles. The number of benzene rings is 1. The molecule has 0 unspecified atom stereocenters. The minimum atomic E-state index is -0.333. The Kier molecular flexibility index (Phi) is 7.37. The van der Waals surface area contributed by atoms with Crippen LogP contribution in [0.5, 0.6) is 0 Å². The first kappa shape index (κ1) is 19.0. The molecule has 1 aromatic rings. The van der Waals surface area contributed by atoms with Crippen molar-refractivity contribution in [3.63, 3.8) is 0 Å². The zero-order valence-corrected chi connectivity index (χ0v) is 14.5. The van der Waals surface area contributed by atoms with Crippen molar-refractivity contribution in [2.45, 2.75) is 57.4 Å². The van der Waals surface area contributed by atoms with Crippen LogP contribution >= 0.6 is 12.4 Å². The maximum atomic E-state index is 11.9. The summed E-state index contributed by atoms with van der Waals surface area (Å²) in [6.07, 6.45) is 5.35. The predicted octanol–water partition coefficient (Wildman–Crippen LogP) is 3.63. The molecule has 0 radical (unpaired) electrons. The van der Waals surface area contributed by atoms with Gasteiger partial charge in [0.25, 0.3) is 0 Å². The van der Waals surface area contributed by atoms with E-state index in [1.54, 1.807) is 0 Å². The molecule has 0 bridgehead atoms. The average Bonchev–Trinajstić information content (AvgIpc) is 2.46. The molecule has 124 valence electrons. The van der Waals surface area contributed by atoms with E-state index >= 15 is 0 Å². The normalized spacial score (nSPS) is 21.8. The molecular weight excluding hydrogens is 296 g/mol. The number of carbonyl (C=O) groups excluding carboxylic acids is 1. The van der Waals surface area contributed by atoms with Crippen LogP contribution in [-0.4, -0.2) is 18.0 Å². The Morgan fingerprint density at radius 2 is 1.77 bits per heavy atom. The van der Waals surface area contributed by atoms with Crippen molar-refractivity contribution in [3.8, 4) is 0 Å². The van der Waals surface area contributed by atoms with Crippen LogP contribution in [0.4, 0.5) is 0 Å². The molecule has 4 heteroatoms. The van der Waals surface area contributed by atoms with Crippen LogP contribution in [0.2, 0.25) is 0 Å². The fraction of sp³-hybridized carbons (Fsp3) is 0.611. The average molecular weight is 325 g/mol. The Labute approximate surface area is 140 Å². The van der Waals surface area contributed by atoms with Crippen LogP contribution in [0.3, 0.4) is 0 Å². The van der Waals surface area contributed by atoms with Crippen molar-refractivity contribution in [2.24, 2.45) is 11.7 Å². The number of nitrogens with two attached hydrogens (primary N) is 1. The molecule has 1 saturated carbocycles.